The minimum Gasteiger partial charge on any atom is -0.497 e. The number of hydrogen-bond acceptors (Lipinski definition) is 6. The summed E-state index contributed by atoms with van der Waals surface area (Å²) in [5, 5.41) is -0.107. The van der Waals surface area contributed by atoms with Crippen molar-refractivity contribution in [1.82, 2.24) is 15.0 Å². The second-order valence-electron chi connectivity index (χ2n) is 5.81. The molecular formula is C18H20N4O3S. The van der Waals surface area contributed by atoms with Gasteiger partial charge < -0.3 is 20.2 Å². The number of carbonyl (C=O) groups excluding carboxylic acids is 1. The fourth-order valence-corrected chi connectivity index (χ4v) is 3.83. The molecule has 1 aromatic carbocycles. The molecule has 0 aliphatic heterocycles. The van der Waals surface area contributed by atoms with Gasteiger partial charge in [-0.1, -0.05) is 11.8 Å². The van der Waals surface area contributed by atoms with Gasteiger partial charge in [-0.2, -0.15) is 0 Å². The number of imidazole rings is 1. The third-order valence-corrected chi connectivity index (χ3v) is 5.20. The highest BCUT2D eigenvalue weighted by Gasteiger charge is 2.26. The van der Waals surface area contributed by atoms with E-state index in [9.17, 15) is 4.79 Å². The van der Waals surface area contributed by atoms with Crippen molar-refractivity contribution in [2.45, 2.75) is 24.3 Å². The largest absolute Gasteiger partial charge is 0.497 e. The summed E-state index contributed by atoms with van der Waals surface area (Å²) in [5.74, 6) is 0.940. The zero-order valence-electron chi connectivity index (χ0n) is 15.0. The van der Waals surface area contributed by atoms with Gasteiger partial charge in [-0.25, -0.2) is 4.98 Å². The summed E-state index contributed by atoms with van der Waals surface area (Å²) < 4.78 is 10.7. The van der Waals surface area contributed by atoms with E-state index in [2.05, 4.69) is 15.0 Å². The maximum Gasteiger partial charge on any atom is 0.237 e. The minimum absolute atomic E-state index is 0.491. The van der Waals surface area contributed by atoms with Gasteiger partial charge in [0.1, 0.15) is 16.7 Å². The number of ether oxygens (including phenoxy) is 2. The SMILES string of the molecule is COc1ccc2nc(SC(C(N)=O)c3ncc(C)c(OC)c3C)[nH]c2c1. The van der Waals surface area contributed by atoms with Gasteiger partial charge in [0.2, 0.25) is 5.91 Å². The van der Waals surface area contributed by atoms with Crippen LogP contribution in [0.1, 0.15) is 22.1 Å². The molecule has 26 heavy (non-hydrogen) atoms. The maximum absolute atomic E-state index is 12.1. The molecule has 3 N–H and O–H groups in total. The zero-order chi connectivity index (χ0) is 18.8. The highest BCUT2D eigenvalue weighted by Crippen LogP contribution is 2.38. The molecule has 2 heterocycles. The minimum atomic E-state index is -0.688. The van der Waals surface area contributed by atoms with Crippen molar-refractivity contribution in [1.29, 1.82) is 0 Å². The van der Waals surface area contributed by atoms with Crippen LogP contribution in [0.2, 0.25) is 0 Å². The normalized spacial score (nSPS) is 12.2. The van der Waals surface area contributed by atoms with Crippen LogP contribution >= 0.6 is 11.8 Å². The Morgan fingerprint density at radius 3 is 2.69 bits per heavy atom. The molecule has 3 rings (SSSR count). The number of fused-ring (bicyclic) bond motifs is 1. The maximum atomic E-state index is 12.1. The number of rotatable bonds is 6. The van der Waals surface area contributed by atoms with Crippen LogP contribution in [0.25, 0.3) is 11.0 Å². The number of nitrogens with zero attached hydrogens (tertiary/aromatic N) is 2. The molecule has 0 spiro atoms. The molecule has 1 amide bonds. The van der Waals surface area contributed by atoms with Crippen molar-refractivity contribution in [2.75, 3.05) is 14.2 Å². The molecule has 0 aliphatic rings. The van der Waals surface area contributed by atoms with E-state index in [1.165, 1.54) is 11.8 Å². The second-order valence-corrected chi connectivity index (χ2v) is 6.90. The highest BCUT2D eigenvalue weighted by atomic mass is 32.2. The van der Waals surface area contributed by atoms with E-state index in [4.69, 9.17) is 15.2 Å². The molecule has 1 atom stereocenters. The molecule has 2 aromatic heterocycles. The van der Waals surface area contributed by atoms with E-state index in [0.29, 0.717) is 16.6 Å². The quantitative estimate of drug-likeness (QED) is 0.645. The van der Waals surface area contributed by atoms with Gasteiger partial charge in [-0.05, 0) is 26.0 Å². The van der Waals surface area contributed by atoms with Crippen LogP contribution in [0.15, 0.2) is 29.6 Å². The molecule has 8 heteroatoms. The summed E-state index contributed by atoms with van der Waals surface area (Å²) in [7, 11) is 3.20. The first kappa shape index (κ1) is 18.1. The standard InChI is InChI=1S/C18H20N4O3S/c1-9-8-20-14(10(2)15(9)25-4)16(17(19)23)26-18-21-12-6-5-11(24-3)7-13(12)22-18/h5-8,16H,1-4H3,(H2,19,23)(H,21,22). The van der Waals surface area contributed by atoms with E-state index in [0.717, 1.165) is 27.9 Å². The number of methoxy groups -OCH3 is 2. The smallest absolute Gasteiger partial charge is 0.237 e. The Balaban J connectivity index is 1.99. The topological polar surface area (TPSA) is 103 Å². The predicted molar refractivity (Wildman–Crippen MR) is 101 cm³/mol. The Morgan fingerprint density at radius 1 is 1.27 bits per heavy atom. The molecular weight excluding hydrogens is 352 g/mol. The van der Waals surface area contributed by atoms with Crippen LogP contribution < -0.4 is 15.2 Å². The van der Waals surface area contributed by atoms with Crippen LogP contribution in [0.5, 0.6) is 11.5 Å². The number of amides is 1. The number of benzene rings is 1. The number of aromatic amines is 1. The zero-order valence-corrected chi connectivity index (χ0v) is 15.8. The number of pyridine rings is 1. The van der Waals surface area contributed by atoms with Crippen LogP contribution in [0.3, 0.4) is 0 Å². The molecule has 0 saturated heterocycles. The van der Waals surface area contributed by atoms with Gasteiger partial charge >= 0.3 is 0 Å². The molecule has 7 nitrogen and oxygen atoms in total. The van der Waals surface area contributed by atoms with Crippen LogP contribution in [-0.4, -0.2) is 35.1 Å². The average molecular weight is 372 g/mol. The number of primary amides is 1. The molecule has 3 aromatic rings. The predicted octanol–water partition coefficient (Wildman–Crippen LogP) is 2.91. The molecule has 0 saturated carbocycles. The van der Waals surface area contributed by atoms with Crippen LogP contribution in [-0.2, 0) is 4.79 Å². The van der Waals surface area contributed by atoms with Crippen LogP contribution in [0, 0.1) is 13.8 Å². The van der Waals surface area contributed by atoms with Gasteiger partial charge in [0.05, 0.1) is 30.9 Å². The van der Waals surface area contributed by atoms with E-state index in [-0.39, 0.29) is 0 Å². The van der Waals surface area contributed by atoms with Crippen molar-refractivity contribution >= 4 is 28.7 Å². The number of nitrogens with two attached hydrogens (primary N) is 1. The third-order valence-electron chi connectivity index (χ3n) is 4.09. The number of aromatic nitrogens is 3. The molecule has 0 fully saturated rings. The van der Waals surface area contributed by atoms with E-state index in [1.54, 1.807) is 20.4 Å². The molecule has 0 radical (unpaired) electrons. The van der Waals surface area contributed by atoms with E-state index < -0.39 is 11.2 Å². The van der Waals surface area contributed by atoms with Gasteiger partial charge in [-0.3, -0.25) is 9.78 Å². The van der Waals surface area contributed by atoms with Crippen molar-refractivity contribution in [3.63, 3.8) is 0 Å². The molecule has 136 valence electrons. The fraction of sp³-hybridized carbons (Fsp3) is 0.278. The number of carbonyl (C=O) groups is 1. The van der Waals surface area contributed by atoms with Gasteiger partial charge in [0.25, 0.3) is 0 Å². The van der Waals surface area contributed by atoms with Gasteiger partial charge in [-0.15, -0.1) is 0 Å². The van der Waals surface area contributed by atoms with Crippen molar-refractivity contribution in [3.8, 4) is 11.5 Å². The first-order chi connectivity index (χ1) is 12.4. The highest BCUT2D eigenvalue weighted by molar-refractivity contribution is 8.00. The van der Waals surface area contributed by atoms with Crippen molar-refractivity contribution < 1.29 is 14.3 Å². The lowest BCUT2D eigenvalue weighted by Crippen LogP contribution is -2.21. The number of hydrogen-bond donors (Lipinski definition) is 2. The summed E-state index contributed by atoms with van der Waals surface area (Å²) in [6, 6.07) is 5.54. The number of aryl methyl sites for hydroxylation is 1. The molecule has 1 unspecified atom stereocenters. The van der Waals surface area contributed by atoms with Crippen molar-refractivity contribution in [2.24, 2.45) is 5.73 Å². The summed E-state index contributed by atoms with van der Waals surface area (Å²) in [6.45, 7) is 3.77. The Bertz CT molecular complexity index is 970. The lowest BCUT2D eigenvalue weighted by molar-refractivity contribution is -0.117. The van der Waals surface area contributed by atoms with E-state index in [1.807, 2.05) is 32.0 Å². The number of thioether (sulfide) groups is 1. The Kier molecular flexibility index (Phi) is 5.03. The van der Waals surface area contributed by atoms with Crippen molar-refractivity contribution in [3.05, 3.63) is 41.2 Å². The molecule has 0 bridgehead atoms. The first-order valence-electron chi connectivity index (χ1n) is 7.94. The molecule has 0 aliphatic carbocycles. The number of nitrogens with one attached hydrogen (secondary N) is 1. The summed E-state index contributed by atoms with van der Waals surface area (Å²) in [5.41, 5.74) is 9.52. The monoisotopic (exact) mass is 372 g/mol. The second kappa shape index (κ2) is 7.25. The Hall–Kier alpha value is -2.74. The first-order valence-corrected chi connectivity index (χ1v) is 8.82. The van der Waals surface area contributed by atoms with Gasteiger partial charge in [0.15, 0.2) is 5.16 Å². The Morgan fingerprint density at radius 2 is 2.04 bits per heavy atom. The third kappa shape index (κ3) is 3.32. The summed E-state index contributed by atoms with van der Waals surface area (Å²) in [4.78, 5) is 24.2. The lowest BCUT2D eigenvalue weighted by Gasteiger charge is -2.17. The lowest BCUT2D eigenvalue weighted by atomic mass is 10.1. The Labute approximate surface area is 155 Å². The summed E-state index contributed by atoms with van der Waals surface area (Å²) in [6.07, 6.45) is 1.68. The average Bonchev–Trinajstić information content (AvgIpc) is 3.02. The van der Waals surface area contributed by atoms with Gasteiger partial charge in [0, 0.05) is 23.4 Å². The fourth-order valence-electron chi connectivity index (χ4n) is 2.82. The van der Waals surface area contributed by atoms with E-state index >= 15 is 0 Å². The summed E-state index contributed by atoms with van der Waals surface area (Å²) >= 11 is 1.23. The number of H-pyrrole nitrogens is 1. The van der Waals surface area contributed by atoms with Crippen LogP contribution in [0.4, 0.5) is 0 Å².